The summed E-state index contributed by atoms with van der Waals surface area (Å²) in [6, 6.07) is 5.66. The molecular weight excluding hydrogens is 312 g/mol. The van der Waals surface area contributed by atoms with Gasteiger partial charge >= 0.3 is 0 Å². The van der Waals surface area contributed by atoms with Crippen LogP contribution in [0.3, 0.4) is 0 Å². The summed E-state index contributed by atoms with van der Waals surface area (Å²) in [4.78, 5) is 25.9. The number of β-amino-alcohol motifs (C(OH)–C–C–N with tert-alkyl or cyclic N) is 1. The topological polar surface area (TPSA) is 69.6 Å². The summed E-state index contributed by atoms with van der Waals surface area (Å²) < 4.78 is 0. The van der Waals surface area contributed by atoms with E-state index in [-0.39, 0.29) is 12.0 Å². The van der Waals surface area contributed by atoms with Crippen LogP contribution in [-0.4, -0.2) is 69.6 Å². The van der Waals surface area contributed by atoms with Crippen molar-refractivity contribution in [1.29, 1.82) is 0 Å². The first kappa shape index (κ1) is 16.0. The number of amides is 1. The summed E-state index contributed by atoms with van der Waals surface area (Å²) in [7, 11) is 0. The smallest absolute Gasteiger partial charge is 0.265 e. The zero-order valence-electron chi connectivity index (χ0n) is 13.1. The van der Waals surface area contributed by atoms with Gasteiger partial charge in [0.15, 0.2) is 0 Å². The number of aromatic nitrogens is 2. The molecule has 6 nitrogen and oxygen atoms in total. The number of aliphatic hydroxyl groups excluding tert-OH is 1. The molecule has 0 bridgehead atoms. The van der Waals surface area contributed by atoms with E-state index in [2.05, 4.69) is 14.9 Å². The van der Waals surface area contributed by atoms with E-state index in [0.717, 1.165) is 23.8 Å². The number of hydrogen-bond donors (Lipinski definition) is 1. The quantitative estimate of drug-likeness (QED) is 0.915. The molecule has 2 aromatic heterocycles. The van der Waals surface area contributed by atoms with Gasteiger partial charge < -0.3 is 10.0 Å². The molecule has 1 N–H and O–H groups in total. The fourth-order valence-corrected chi connectivity index (χ4v) is 3.50. The molecule has 1 aliphatic rings. The highest BCUT2D eigenvalue weighted by Crippen LogP contribution is 2.24. The minimum atomic E-state index is -0.334. The first-order chi connectivity index (χ1) is 11.1. The lowest BCUT2D eigenvalue weighted by Gasteiger charge is -2.34. The Morgan fingerprint density at radius 1 is 1.30 bits per heavy atom. The van der Waals surface area contributed by atoms with Gasteiger partial charge in [0.05, 0.1) is 18.0 Å². The van der Waals surface area contributed by atoms with E-state index < -0.39 is 0 Å². The summed E-state index contributed by atoms with van der Waals surface area (Å²) in [5, 5.41) is 10.2. The number of piperazine rings is 1. The minimum Gasteiger partial charge on any atom is -0.392 e. The van der Waals surface area contributed by atoms with Crippen molar-refractivity contribution in [2.75, 3.05) is 32.7 Å². The minimum absolute atomic E-state index is 0.0291. The van der Waals surface area contributed by atoms with Crippen LogP contribution in [0.2, 0.25) is 0 Å². The van der Waals surface area contributed by atoms with Crippen molar-refractivity contribution < 1.29 is 9.90 Å². The van der Waals surface area contributed by atoms with Crippen molar-refractivity contribution >= 4 is 17.2 Å². The van der Waals surface area contributed by atoms with Gasteiger partial charge in [0, 0.05) is 38.9 Å². The van der Waals surface area contributed by atoms with Gasteiger partial charge in [-0.3, -0.25) is 14.7 Å². The molecule has 3 heterocycles. The first-order valence-corrected chi connectivity index (χ1v) is 8.52. The number of carbonyl (C=O) groups is 1. The maximum absolute atomic E-state index is 12.6. The maximum atomic E-state index is 12.6. The predicted molar refractivity (Wildman–Crippen MR) is 89.4 cm³/mol. The first-order valence-electron chi connectivity index (χ1n) is 7.70. The molecule has 0 saturated carbocycles. The number of nitrogens with zero attached hydrogens (tertiary/aromatic N) is 4. The zero-order chi connectivity index (χ0) is 16.2. The van der Waals surface area contributed by atoms with Gasteiger partial charge in [-0.1, -0.05) is 6.07 Å². The highest BCUT2D eigenvalue weighted by Gasteiger charge is 2.24. The Morgan fingerprint density at radius 2 is 2.09 bits per heavy atom. The third-order valence-electron chi connectivity index (χ3n) is 3.78. The molecule has 0 aromatic carbocycles. The van der Waals surface area contributed by atoms with E-state index in [1.807, 2.05) is 23.1 Å². The van der Waals surface area contributed by atoms with Crippen LogP contribution in [0.25, 0.3) is 10.7 Å². The third-order valence-corrected chi connectivity index (χ3v) is 4.79. The van der Waals surface area contributed by atoms with Crippen LogP contribution >= 0.6 is 11.3 Å². The largest absolute Gasteiger partial charge is 0.392 e. The lowest BCUT2D eigenvalue weighted by Crippen LogP contribution is -2.50. The summed E-state index contributed by atoms with van der Waals surface area (Å²) in [5.74, 6) is 0.0291. The van der Waals surface area contributed by atoms with Crippen molar-refractivity contribution in [2.24, 2.45) is 0 Å². The summed E-state index contributed by atoms with van der Waals surface area (Å²) >= 11 is 1.38. The molecule has 23 heavy (non-hydrogen) atoms. The third kappa shape index (κ3) is 3.93. The van der Waals surface area contributed by atoms with Crippen LogP contribution in [0.4, 0.5) is 0 Å². The average Bonchev–Trinajstić information content (AvgIpc) is 3.05. The summed E-state index contributed by atoms with van der Waals surface area (Å²) in [5.41, 5.74) is 0.790. The van der Waals surface area contributed by atoms with E-state index in [1.54, 1.807) is 19.3 Å². The lowest BCUT2D eigenvalue weighted by atomic mass is 10.2. The highest BCUT2D eigenvalue weighted by molar-refractivity contribution is 7.16. The molecule has 1 aliphatic heterocycles. The molecule has 1 saturated heterocycles. The van der Waals surface area contributed by atoms with E-state index in [4.69, 9.17) is 0 Å². The normalized spacial score (nSPS) is 17.2. The molecule has 0 spiro atoms. The number of aliphatic hydroxyl groups is 1. The number of thiazole rings is 1. The van der Waals surface area contributed by atoms with Crippen molar-refractivity contribution in [3.63, 3.8) is 0 Å². The van der Waals surface area contributed by atoms with Crippen molar-refractivity contribution in [2.45, 2.75) is 13.0 Å². The molecule has 0 aliphatic carbocycles. The second-order valence-electron chi connectivity index (χ2n) is 5.69. The molecule has 2 aromatic rings. The molecule has 1 unspecified atom stereocenters. The Bertz CT molecular complexity index is 651. The van der Waals surface area contributed by atoms with Gasteiger partial charge in [0.25, 0.3) is 5.91 Å². The molecule has 1 atom stereocenters. The van der Waals surface area contributed by atoms with E-state index in [9.17, 15) is 9.90 Å². The van der Waals surface area contributed by atoms with E-state index >= 15 is 0 Å². The molecule has 7 heteroatoms. The van der Waals surface area contributed by atoms with Crippen molar-refractivity contribution in [3.05, 3.63) is 35.5 Å². The molecule has 0 radical (unpaired) electrons. The average molecular weight is 332 g/mol. The monoisotopic (exact) mass is 332 g/mol. The van der Waals surface area contributed by atoms with Crippen LogP contribution < -0.4 is 0 Å². The summed E-state index contributed by atoms with van der Waals surface area (Å²) in [6.07, 6.45) is 3.03. The molecular formula is C16H20N4O2S. The Balaban J connectivity index is 1.62. The maximum Gasteiger partial charge on any atom is 0.265 e. The van der Waals surface area contributed by atoms with Gasteiger partial charge in [-0.25, -0.2) is 4.98 Å². The predicted octanol–water partition coefficient (Wildman–Crippen LogP) is 1.34. The number of rotatable bonds is 4. The van der Waals surface area contributed by atoms with Crippen LogP contribution in [0.15, 0.2) is 30.6 Å². The van der Waals surface area contributed by atoms with Crippen LogP contribution in [0, 0.1) is 0 Å². The second-order valence-corrected chi connectivity index (χ2v) is 6.72. The standard InChI is InChI=1S/C16H20N4O2S/c1-12(21)11-19-6-8-20(9-7-19)16(22)14-10-18-15(23-14)13-4-2-3-5-17-13/h2-5,10,12,21H,6-9,11H2,1H3. The van der Waals surface area contributed by atoms with Crippen LogP contribution in [-0.2, 0) is 0 Å². The molecule has 122 valence electrons. The Morgan fingerprint density at radius 3 is 2.74 bits per heavy atom. The Kier molecular flexibility index (Phi) is 5.00. The fraction of sp³-hybridized carbons (Fsp3) is 0.438. The molecule has 1 fully saturated rings. The SMILES string of the molecule is CC(O)CN1CCN(C(=O)c2cnc(-c3ccccn3)s2)CC1. The van der Waals surface area contributed by atoms with Crippen LogP contribution in [0.1, 0.15) is 16.6 Å². The molecule has 1 amide bonds. The number of hydrogen-bond acceptors (Lipinski definition) is 6. The fourth-order valence-electron chi connectivity index (χ4n) is 2.64. The van der Waals surface area contributed by atoms with Gasteiger partial charge in [0.2, 0.25) is 0 Å². The Hall–Kier alpha value is -1.83. The lowest BCUT2D eigenvalue weighted by molar-refractivity contribution is 0.0558. The van der Waals surface area contributed by atoms with Gasteiger partial charge in [-0.05, 0) is 19.1 Å². The van der Waals surface area contributed by atoms with E-state index in [1.165, 1.54) is 11.3 Å². The van der Waals surface area contributed by atoms with Gasteiger partial charge in [-0.15, -0.1) is 11.3 Å². The van der Waals surface area contributed by atoms with Crippen molar-refractivity contribution in [3.8, 4) is 10.7 Å². The number of carbonyl (C=O) groups excluding carboxylic acids is 1. The Labute approximate surface area is 139 Å². The van der Waals surface area contributed by atoms with Gasteiger partial charge in [0.1, 0.15) is 9.88 Å². The van der Waals surface area contributed by atoms with Crippen LogP contribution in [0.5, 0.6) is 0 Å². The molecule has 3 rings (SSSR count). The second kappa shape index (κ2) is 7.16. The zero-order valence-corrected chi connectivity index (χ0v) is 13.9. The van der Waals surface area contributed by atoms with Gasteiger partial charge in [-0.2, -0.15) is 0 Å². The highest BCUT2D eigenvalue weighted by atomic mass is 32.1. The van der Waals surface area contributed by atoms with Crippen molar-refractivity contribution in [1.82, 2.24) is 19.8 Å². The summed E-state index contributed by atoms with van der Waals surface area (Å²) in [6.45, 7) is 5.40. The van der Waals surface area contributed by atoms with E-state index in [0.29, 0.717) is 24.5 Å². The number of pyridine rings is 1.